The topological polar surface area (TPSA) is 84.3 Å². The minimum atomic E-state index is -0.272. The second-order valence-electron chi connectivity index (χ2n) is 6.28. The summed E-state index contributed by atoms with van der Waals surface area (Å²) in [6, 6.07) is 12.6. The van der Waals surface area contributed by atoms with Crippen molar-refractivity contribution in [3.05, 3.63) is 69.2 Å². The van der Waals surface area contributed by atoms with Crippen LogP contribution in [0.25, 0.3) is 10.9 Å². The molecule has 0 unspecified atom stereocenters. The summed E-state index contributed by atoms with van der Waals surface area (Å²) in [5, 5.41) is 3.29. The molecular weight excluding hydrogens is 424 g/mol. The van der Waals surface area contributed by atoms with E-state index in [-0.39, 0.29) is 18.0 Å². The van der Waals surface area contributed by atoms with Crippen molar-refractivity contribution >= 4 is 44.8 Å². The van der Waals surface area contributed by atoms with Crippen LogP contribution < -0.4 is 10.9 Å². The van der Waals surface area contributed by atoms with Gasteiger partial charge in [-0.2, -0.15) is 0 Å². The Balaban J connectivity index is 0.000000500. The zero-order valence-corrected chi connectivity index (χ0v) is 17.4. The number of carbonyl (C=O) groups excluding carboxylic acids is 2. The van der Waals surface area contributed by atoms with Gasteiger partial charge in [0, 0.05) is 24.3 Å². The Kier molecular flexibility index (Phi) is 7.45. The number of benzene rings is 2. The second-order valence-corrected chi connectivity index (χ2v) is 7.13. The predicted molar refractivity (Wildman–Crippen MR) is 113 cm³/mol. The molecule has 0 fully saturated rings. The first kappa shape index (κ1) is 21.3. The lowest BCUT2D eigenvalue weighted by Gasteiger charge is -2.09. The maximum Gasteiger partial charge on any atom is 0.261 e. The summed E-state index contributed by atoms with van der Waals surface area (Å²) in [6.45, 7) is 1.86. The number of hydrogen-bond acceptors (Lipinski definition) is 4. The number of carbonyl (C=O) groups is 2. The van der Waals surface area contributed by atoms with Crippen LogP contribution in [-0.2, 0) is 16.1 Å². The predicted octanol–water partition coefficient (Wildman–Crippen LogP) is 2.81. The average molecular weight is 445 g/mol. The zero-order valence-electron chi connectivity index (χ0n) is 15.8. The maximum atomic E-state index is 12.4. The smallest absolute Gasteiger partial charge is 0.261 e. The lowest BCUT2D eigenvalue weighted by molar-refractivity contribution is -0.117. The summed E-state index contributed by atoms with van der Waals surface area (Å²) in [6.07, 6.45) is 2.15. The van der Waals surface area contributed by atoms with Crippen LogP contribution in [0.15, 0.2) is 58.1 Å². The Morgan fingerprint density at radius 1 is 1.25 bits per heavy atom. The van der Waals surface area contributed by atoms with Crippen LogP contribution in [0.5, 0.6) is 0 Å². The standard InChI is InChI=1S/C17H14BrN3O2.C3H7NO/c1-11-8-12(6-7-14(11)18)20-16(22)9-21-10-19-15-5-3-2-4-13(15)17(21)23;1-4(2)3-5/h2-8,10H,9H2,1H3,(H,20,22);3H,1-2H3. The van der Waals surface area contributed by atoms with Gasteiger partial charge in [0.15, 0.2) is 0 Å². The average Bonchev–Trinajstić information content (AvgIpc) is 2.67. The Morgan fingerprint density at radius 3 is 2.57 bits per heavy atom. The molecule has 1 heterocycles. The molecule has 28 heavy (non-hydrogen) atoms. The maximum absolute atomic E-state index is 12.4. The van der Waals surface area contributed by atoms with Crippen molar-refractivity contribution in [3.8, 4) is 0 Å². The molecule has 8 heteroatoms. The molecule has 0 aliphatic rings. The minimum absolute atomic E-state index is 0.0776. The van der Waals surface area contributed by atoms with Crippen molar-refractivity contribution < 1.29 is 9.59 Å². The van der Waals surface area contributed by atoms with Gasteiger partial charge in [0.25, 0.3) is 5.56 Å². The van der Waals surface area contributed by atoms with Gasteiger partial charge < -0.3 is 10.2 Å². The van der Waals surface area contributed by atoms with Gasteiger partial charge in [-0.1, -0.05) is 28.1 Å². The van der Waals surface area contributed by atoms with Crippen molar-refractivity contribution in [2.24, 2.45) is 0 Å². The molecule has 0 saturated carbocycles. The van der Waals surface area contributed by atoms with Crippen LogP contribution in [-0.4, -0.2) is 40.9 Å². The number of amides is 2. The third-order valence-electron chi connectivity index (χ3n) is 3.70. The Bertz CT molecular complexity index is 1050. The van der Waals surface area contributed by atoms with Crippen LogP contribution >= 0.6 is 15.9 Å². The summed E-state index contributed by atoms with van der Waals surface area (Å²) in [4.78, 5) is 39.6. The molecule has 0 aliphatic carbocycles. The molecule has 3 aromatic rings. The van der Waals surface area contributed by atoms with E-state index in [9.17, 15) is 14.4 Å². The molecule has 1 aromatic heterocycles. The van der Waals surface area contributed by atoms with Crippen LogP contribution in [0.3, 0.4) is 0 Å². The van der Waals surface area contributed by atoms with E-state index in [1.54, 1.807) is 38.4 Å². The first-order valence-electron chi connectivity index (χ1n) is 8.43. The highest BCUT2D eigenvalue weighted by Crippen LogP contribution is 2.19. The van der Waals surface area contributed by atoms with Crippen molar-refractivity contribution in [1.82, 2.24) is 14.5 Å². The number of rotatable bonds is 4. The number of para-hydroxylation sites is 1. The number of aryl methyl sites for hydroxylation is 1. The fourth-order valence-corrected chi connectivity index (χ4v) is 2.54. The number of nitrogens with one attached hydrogen (secondary N) is 1. The molecule has 0 spiro atoms. The lowest BCUT2D eigenvalue weighted by atomic mass is 10.2. The third-order valence-corrected chi connectivity index (χ3v) is 4.59. The monoisotopic (exact) mass is 444 g/mol. The summed E-state index contributed by atoms with van der Waals surface area (Å²) in [7, 11) is 3.38. The molecular formula is C20H21BrN4O3. The highest BCUT2D eigenvalue weighted by atomic mass is 79.9. The highest BCUT2D eigenvalue weighted by Gasteiger charge is 2.08. The zero-order chi connectivity index (χ0) is 20.7. The van der Waals surface area contributed by atoms with Gasteiger partial charge in [-0.3, -0.25) is 19.0 Å². The van der Waals surface area contributed by atoms with Crippen molar-refractivity contribution in [1.29, 1.82) is 0 Å². The molecule has 146 valence electrons. The first-order chi connectivity index (χ1) is 13.3. The lowest BCUT2D eigenvalue weighted by Crippen LogP contribution is -2.27. The van der Waals surface area contributed by atoms with Gasteiger partial charge in [-0.25, -0.2) is 4.98 Å². The van der Waals surface area contributed by atoms with E-state index in [0.717, 1.165) is 16.4 Å². The number of anilines is 1. The largest absolute Gasteiger partial charge is 0.351 e. The second kappa shape index (κ2) is 9.80. The van der Waals surface area contributed by atoms with Crippen molar-refractivity contribution in [2.45, 2.75) is 13.5 Å². The van der Waals surface area contributed by atoms with Gasteiger partial charge in [0.05, 0.1) is 17.2 Å². The minimum Gasteiger partial charge on any atom is -0.351 e. The number of fused-ring (bicyclic) bond motifs is 1. The fraction of sp³-hybridized carbons (Fsp3) is 0.200. The molecule has 0 radical (unpaired) electrons. The van der Waals surface area contributed by atoms with Crippen molar-refractivity contribution in [2.75, 3.05) is 19.4 Å². The van der Waals surface area contributed by atoms with Crippen molar-refractivity contribution in [3.63, 3.8) is 0 Å². The van der Waals surface area contributed by atoms with E-state index >= 15 is 0 Å². The van der Waals surface area contributed by atoms with Crippen LogP contribution in [0, 0.1) is 6.92 Å². The summed E-state index contributed by atoms with van der Waals surface area (Å²) in [5.41, 5.74) is 2.11. The third kappa shape index (κ3) is 5.75. The van der Waals surface area contributed by atoms with Crippen LogP contribution in [0.1, 0.15) is 5.56 Å². The Morgan fingerprint density at radius 2 is 1.93 bits per heavy atom. The first-order valence-corrected chi connectivity index (χ1v) is 9.23. The molecule has 2 aromatic carbocycles. The molecule has 7 nitrogen and oxygen atoms in total. The Labute approximate surface area is 171 Å². The highest BCUT2D eigenvalue weighted by molar-refractivity contribution is 9.10. The van der Waals surface area contributed by atoms with Gasteiger partial charge in [0.2, 0.25) is 12.3 Å². The van der Waals surface area contributed by atoms with E-state index in [2.05, 4.69) is 26.2 Å². The van der Waals surface area contributed by atoms with E-state index in [1.807, 2.05) is 25.1 Å². The molecule has 1 N–H and O–H groups in total. The number of aromatic nitrogens is 2. The van der Waals surface area contributed by atoms with Gasteiger partial charge in [-0.15, -0.1) is 0 Å². The Hall–Kier alpha value is -3.00. The normalized spacial score (nSPS) is 10.0. The number of hydrogen-bond donors (Lipinski definition) is 1. The molecule has 0 aliphatic heterocycles. The molecule has 2 amide bonds. The summed E-state index contributed by atoms with van der Waals surface area (Å²) < 4.78 is 2.29. The van der Waals surface area contributed by atoms with E-state index in [4.69, 9.17) is 0 Å². The SMILES string of the molecule is CN(C)C=O.Cc1cc(NC(=O)Cn2cnc3ccccc3c2=O)ccc1Br. The van der Waals surface area contributed by atoms with E-state index in [0.29, 0.717) is 16.6 Å². The van der Waals surface area contributed by atoms with Crippen LogP contribution in [0.4, 0.5) is 5.69 Å². The number of nitrogens with zero attached hydrogens (tertiary/aromatic N) is 3. The molecule has 0 saturated heterocycles. The molecule has 0 bridgehead atoms. The summed E-state index contributed by atoms with van der Waals surface area (Å²) >= 11 is 3.42. The molecule has 3 rings (SSSR count). The summed E-state index contributed by atoms with van der Waals surface area (Å²) in [5.74, 6) is -0.272. The van der Waals surface area contributed by atoms with E-state index < -0.39 is 0 Å². The van der Waals surface area contributed by atoms with Gasteiger partial charge >= 0.3 is 0 Å². The fourth-order valence-electron chi connectivity index (χ4n) is 2.30. The van der Waals surface area contributed by atoms with E-state index in [1.165, 1.54) is 15.8 Å². The van der Waals surface area contributed by atoms with Gasteiger partial charge in [-0.05, 0) is 42.8 Å². The quantitative estimate of drug-likeness (QED) is 0.626. The van der Waals surface area contributed by atoms with Crippen LogP contribution in [0.2, 0.25) is 0 Å². The number of halogens is 1. The van der Waals surface area contributed by atoms with Gasteiger partial charge in [0.1, 0.15) is 6.54 Å². The molecule has 0 atom stereocenters.